The number of ether oxygens (including phenoxy) is 2. The van der Waals surface area contributed by atoms with Gasteiger partial charge in [0.1, 0.15) is 12.4 Å². The number of hydrogen-bond acceptors (Lipinski definition) is 5. The van der Waals surface area contributed by atoms with Crippen molar-refractivity contribution >= 4 is 28.7 Å². The van der Waals surface area contributed by atoms with E-state index in [0.29, 0.717) is 23.4 Å². The molecule has 0 spiro atoms. The summed E-state index contributed by atoms with van der Waals surface area (Å²) in [6.07, 6.45) is 2.61. The van der Waals surface area contributed by atoms with Gasteiger partial charge in [-0.1, -0.05) is 48.5 Å². The highest BCUT2D eigenvalue weighted by atomic mass is 16.5. The monoisotopic (exact) mass is 488 g/mol. The number of carbonyl (C=O) groups excluding carboxylic acids is 1. The van der Waals surface area contributed by atoms with Crippen molar-refractivity contribution in [3.8, 4) is 5.75 Å². The topological polar surface area (TPSA) is 88.1 Å². The van der Waals surface area contributed by atoms with Gasteiger partial charge in [-0.05, 0) is 54.6 Å². The number of amides is 1. The molecule has 3 aromatic carbocycles. The summed E-state index contributed by atoms with van der Waals surface area (Å²) < 4.78 is 11.5. The maximum atomic E-state index is 13.2. The van der Waals surface area contributed by atoms with Crippen LogP contribution in [0.15, 0.2) is 66.2 Å². The van der Waals surface area contributed by atoms with Gasteiger partial charge >= 0.3 is 5.97 Å². The van der Waals surface area contributed by atoms with Gasteiger partial charge in [0.2, 0.25) is 0 Å². The Kier molecular flexibility index (Phi) is 8.71. The Labute approximate surface area is 211 Å². The van der Waals surface area contributed by atoms with Gasteiger partial charge in [-0.2, -0.15) is 0 Å². The van der Waals surface area contributed by atoms with Crippen LogP contribution in [-0.2, 0) is 9.53 Å². The second kappa shape index (κ2) is 12.3. The summed E-state index contributed by atoms with van der Waals surface area (Å²) in [6, 6.07) is 18.8. The summed E-state index contributed by atoms with van der Waals surface area (Å²) in [4.78, 5) is 26.9. The molecule has 36 heavy (non-hydrogen) atoms. The third kappa shape index (κ3) is 6.71. The Morgan fingerprint density at radius 1 is 1.08 bits per heavy atom. The largest absolute Gasteiger partial charge is 0.488 e. The second-order valence-corrected chi connectivity index (χ2v) is 8.88. The van der Waals surface area contributed by atoms with Crippen molar-refractivity contribution < 1.29 is 24.2 Å². The van der Waals surface area contributed by atoms with E-state index in [4.69, 9.17) is 9.47 Å². The van der Waals surface area contributed by atoms with E-state index in [1.54, 1.807) is 31.2 Å². The van der Waals surface area contributed by atoms with Gasteiger partial charge in [-0.3, -0.25) is 9.69 Å². The van der Waals surface area contributed by atoms with Crippen molar-refractivity contribution in [2.75, 3.05) is 46.0 Å². The molecule has 3 aromatic rings. The van der Waals surface area contributed by atoms with E-state index in [-0.39, 0.29) is 18.1 Å². The van der Waals surface area contributed by atoms with Crippen LogP contribution in [0.3, 0.4) is 0 Å². The highest BCUT2D eigenvalue weighted by Gasteiger charge is 2.14. The Morgan fingerprint density at radius 3 is 2.64 bits per heavy atom. The number of nitrogens with zero attached hydrogens (tertiary/aromatic N) is 1. The Morgan fingerprint density at radius 2 is 1.86 bits per heavy atom. The molecule has 188 valence electrons. The van der Waals surface area contributed by atoms with Crippen molar-refractivity contribution in [3.05, 3.63) is 82.9 Å². The minimum atomic E-state index is -0.972. The third-order valence-electron chi connectivity index (χ3n) is 6.29. The molecule has 7 nitrogen and oxygen atoms in total. The van der Waals surface area contributed by atoms with Crippen molar-refractivity contribution in [2.24, 2.45) is 0 Å². The SMILES string of the molecule is Cc1cc(C=C(COc2cccc3ccccc23)C(=O)NCCCN2CCOCC2)ccc1C(=O)O. The van der Waals surface area contributed by atoms with Gasteiger partial charge in [0.25, 0.3) is 5.91 Å². The predicted octanol–water partition coefficient (Wildman–Crippen LogP) is 4.15. The fourth-order valence-corrected chi connectivity index (χ4v) is 4.31. The number of rotatable bonds is 10. The van der Waals surface area contributed by atoms with Crippen molar-refractivity contribution in [3.63, 3.8) is 0 Å². The standard InChI is InChI=1S/C29H32N2O5/c1-21-18-22(10-11-25(21)29(33)34)19-24(28(32)30-12-5-13-31-14-16-35-17-15-31)20-36-27-9-4-7-23-6-2-3-8-26(23)27/h2-4,6-11,18-19H,5,12-17,20H2,1H3,(H,30,32)(H,33,34). The predicted molar refractivity (Wildman–Crippen MR) is 140 cm³/mol. The molecule has 0 aromatic heterocycles. The molecule has 1 saturated heterocycles. The Balaban J connectivity index is 1.48. The number of fused-ring (bicyclic) bond motifs is 1. The van der Waals surface area contributed by atoms with Gasteiger partial charge in [-0.25, -0.2) is 4.79 Å². The maximum Gasteiger partial charge on any atom is 0.335 e. The molecule has 0 bridgehead atoms. The van der Waals surface area contributed by atoms with Gasteiger partial charge in [-0.15, -0.1) is 0 Å². The summed E-state index contributed by atoms with van der Waals surface area (Å²) >= 11 is 0. The van der Waals surface area contributed by atoms with Crippen LogP contribution in [0.1, 0.15) is 27.9 Å². The lowest BCUT2D eigenvalue weighted by molar-refractivity contribution is -0.117. The van der Waals surface area contributed by atoms with E-state index in [9.17, 15) is 14.7 Å². The minimum Gasteiger partial charge on any atom is -0.488 e. The highest BCUT2D eigenvalue weighted by Crippen LogP contribution is 2.26. The maximum absolute atomic E-state index is 13.2. The summed E-state index contributed by atoms with van der Waals surface area (Å²) in [6.45, 7) is 6.65. The molecule has 0 atom stereocenters. The Hall–Kier alpha value is -3.68. The fraction of sp³-hybridized carbons (Fsp3) is 0.310. The lowest BCUT2D eigenvalue weighted by atomic mass is 10.0. The molecule has 0 radical (unpaired) electrons. The molecule has 1 fully saturated rings. The number of hydrogen-bond donors (Lipinski definition) is 2. The smallest absolute Gasteiger partial charge is 0.335 e. The molecule has 1 amide bonds. The summed E-state index contributed by atoms with van der Waals surface area (Å²) in [5, 5.41) is 14.4. The second-order valence-electron chi connectivity index (χ2n) is 8.88. The molecule has 0 saturated carbocycles. The molecular formula is C29H32N2O5. The van der Waals surface area contributed by atoms with E-state index in [0.717, 1.165) is 55.6 Å². The number of carboxylic acids is 1. The zero-order valence-corrected chi connectivity index (χ0v) is 20.5. The van der Waals surface area contributed by atoms with E-state index in [1.807, 2.05) is 42.5 Å². The van der Waals surface area contributed by atoms with Crippen molar-refractivity contribution in [2.45, 2.75) is 13.3 Å². The zero-order chi connectivity index (χ0) is 25.3. The Bertz CT molecular complexity index is 1240. The van der Waals surface area contributed by atoms with Gasteiger partial charge in [0.15, 0.2) is 0 Å². The van der Waals surface area contributed by atoms with Gasteiger partial charge < -0.3 is 19.9 Å². The average molecular weight is 489 g/mol. The molecule has 1 aliphatic heterocycles. The lowest BCUT2D eigenvalue weighted by Gasteiger charge is -2.26. The van der Waals surface area contributed by atoms with Crippen molar-refractivity contribution in [1.82, 2.24) is 10.2 Å². The molecule has 1 heterocycles. The van der Waals surface area contributed by atoms with E-state index < -0.39 is 5.97 Å². The average Bonchev–Trinajstić information content (AvgIpc) is 2.89. The number of carbonyl (C=O) groups is 2. The van der Waals surface area contributed by atoms with Gasteiger partial charge in [0, 0.05) is 25.0 Å². The van der Waals surface area contributed by atoms with E-state index >= 15 is 0 Å². The summed E-state index contributed by atoms with van der Waals surface area (Å²) in [5.74, 6) is -0.464. The molecule has 2 N–H and O–H groups in total. The number of aryl methyl sites for hydroxylation is 1. The quantitative estimate of drug-likeness (QED) is 0.329. The number of aromatic carboxylic acids is 1. The first-order valence-electron chi connectivity index (χ1n) is 12.2. The molecule has 0 aliphatic carbocycles. The van der Waals surface area contributed by atoms with Crippen molar-refractivity contribution in [1.29, 1.82) is 0 Å². The van der Waals surface area contributed by atoms with Crippen LogP contribution in [0.2, 0.25) is 0 Å². The van der Waals surface area contributed by atoms with Crippen LogP contribution in [-0.4, -0.2) is 67.9 Å². The van der Waals surface area contributed by atoms with Crippen LogP contribution in [0.4, 0.5) is 0 Å². The summed E-state index contributed by atoms with van der Waals surface area (Å²) in [5.41, 5.74) is 2.10. The van der Waals surface area contributed by atoms with Crippen LogP contribution in [0.25, 0.3) is 16.8 Å². The molecule has 4 rings (SSSR count). The molecule has 0 unspecified atom stereocenters. The van der Waals surface area contributed by atoms with Crippen LogP contribution < -0.4 is 10.1 Å². The number of nitrogens with one attached hydrogen (secondary N) is 1. The number of morpholine rings is 1. The van der Waals surface area contributed by atoms with E-state index in [1.165, 1.54) is 0 Å². The molecular weight excluding hydrogens is 456 g/mol. The van der Waals surface area contributed by atoms with Crippen LogP contribution in [0, 0.1) is 6.92 Å². The fourth-order valence-electron chi connectivity index (χ4n) is 4.31. The third-order valence-corrected chi connectivity index (χ3v) is 6.29. The normalized spacial score (nSPS) is 14.5. The van der Waals surface area contributed by atoms with E-state index in [2.05, 4.69) is 10.2 Å². The zero-order valence-electron chi connectivity index (χ0n) is 20.5. The first-order valence-corrected chi connectivity index (χ1v) is 12.2. The van der Waals surface area contributed by atoms with Crippen LogP contribution >= 0.6 is 0 Å². The van der Waals surface area contributed by atoms with Crippen LogP contribution in [0.5, 0.6) is 5.75 Å². The molecule has 7 heteroatoms. The first kappa shape index (κ1) is 25.4. The summed E-state index contributed by atoms with van der Waals surface area (Å²) in [7, 11) is 0. The highest BCUT2D eigenvalue weighted by molar-refractivity contribution is 5.98. The molecule has 1 aliphatic rings. The first-order chi connectivity index (χ1) is 17.5. The minimum absolute atomic E-state index is 0.0863. The lowest BCUT2D eigenvalue weighted by Crippen LogP contribution is -2.38. The number of benzene rings is 3. The number of carboxylic acid groups (broad SMARTS) is 1. The van der Waals surface area contributed by atoms with Gasteiger partial charge in [0.05, 0.1) is 24.4 Å².